The van der Waals surface area contributed by atoms with Crippen molar-refractivity contribution in [2.75, 3.05) is 0 Å². The van der Waals surface area contributed by atoms with E-state index in [0.29, 0.717) is 11.6 Å². The van der Waals surface area contributed by atoms with Crippen molar-refractivity contribution in [1.29, 1.82) is 0 Å². The normalized spacial score (nSPS) is 17.4. The van der Waals surface area contributed by atoms with Gasteiger partial charge < -0.3 is 0 Å². The van der Waals surface area contributed by atoms with Gasteiger partial charge in [0.25, 0.3) is 0 Å². The standard InChI is InChI=1S/C44H41N3/c1-3-4-14-37-31-38(20-19-32(37)2)43-46-41(35-17-10-6-11-18-35)45-42(47-43)36-23-27-40(28-24-36)44(29-12-7-13-30-44)39-25-21-34(22-26-39)33-15-8-5-9-16-33/h3-6,8-11,14-23,25-28,31,36H,1,7,12-13,24,29-30H2,2H3/b14-4-. The highest BCUT2D eigenvalue weighted by atomic mass is 15.0. The summed E-state index contributed by atoms with van der Waals surface area (Å²) in [6, 6.07) is 36.7. The minimum absolute atomic E-state index is 0.0473. The summed E-state index contributed by atoms with van der Waals surface area (Å²) in [4.78, 5) is 15.2. The van der Waals surface area contributed by atoms with Crippen molar-refractivity contribution >= 4 is 6.08 Å². The van der Waals surface area contributed by atoms with Crippen LogP contribution in [0.2, 0.25) is 0 Å². The number of allylic oxidation sites excluding steroid dienone is 6. The molecule has 0 bridgehead atoms. The fourth-order valence-corrected chi connectivity index (χ4v) is 7.21. The third-order valence-corrected chi connectivity index (χ3v) is 9.87. The molecule has 0 spiro atoms. The molecule has 1 heterocycles. The van der Waals surface area contributed by atoms with E-state index in [1.807, 2.05) is 24.3 Å². The Bertz CT molecular complexity index is 1940. The molecule has 47 heavy (non-hydrogen) atoms. The molecule has 2 aliphatic rings. The van der Waals surface area contributed by atoms with Crippen LogP contribution < -0.4 is 0 Å². The summed E-state index contributed by atoms with van der Waals surface area (Å²) < 4.78 is 0. The molecule has 7 rings (SSSR count). The lowest BCUT2D eigenvalue weighted by molar-refractivity contribution is 0.343. The van der Waals surface area contributed by atoms with Gasteiger partial charge in [0, 0.05) is 22.5 Å². The fourth-order valence-electron chi connectivity index (χ4n) is 7.21. The topological polar surface area (TPSA) is 38.7 Å². The quantitative estimate of drug-likeness (QED) is 0.164. The van der Waals surface area contributed by atoms with Crippen LogP contribution in [-0.2, 0) is 5.41 Å². The number of aryl methyl sites for hydroxylation is 1. The van der Waals surface area contributed by atoms with Gasteiger partial charge in [-0.05, 0) is 65.6 Å². The van der Waals surface area contributed by atoms with E-state index in [0.717, 1.165) is 28.9 Å². The number of nitrogens with zero attached hydrogens (tertiary/aromatic N) is 3. The van der Waals surface area contributed by atoms with Crippen molar-refractivity contribution in [2.45, 2.75) is 56.8 Å². The minimum Gasteiger partial charge on any atom is -0.212 e. The predicted octanol–water partition coefficient (Wildman–Crippen LogP) is 11.3. The third-order valence-electron chi connectivity index (χ3n) is 9.87. The molecule has 3 nitrogen and oxygen atoms in total. The van der Waals surface area contributed by atoms with Gasteiger partial charge in [-0.15, -0.1) is 0 Å². The Morgan fingerprint density at radius 2 is 1.34 bits per heavy atom. The second kappa shape index (κ2) is 13.7. The first-order chi connectivity index (χ1) is 23.1. The Balaban J connectivity index is 1.22. The third kappa shape index (κ3) is 6.44. The van der Waals surface area contributed by atoms with Gasteiger partial charge in [-0.1, -0.05) is 159 Å². The smallest absolute Gasteiger partial charge is 0.163 e. The number of benzene rings is 4. The van der Waals surface area contributed by atoms with E-state index in [-0.39, 0.29) is 11.3 Å². The maximum absolute atomic E-state index is 5.11. The molecule has 0 saturated heterocycles. The number of hydrogen-bond donors (Lipinski definition) is 0. The Kier molecular flexibility index (Phi) is 8.88. The summed E-state index contributed by atoms with van der Waals surface area (Å²) in [6.07, 6.45) is 20.1. The highest BCUT2D eigenvalue weighted by Gasteiger charge is 2.37. The van der Waals surface area contributed by atoms with Crippen molar-refractivity contribution < 1.29 is 0 Å². The summed E-state index contributed by atoms with van der Waals surface area (Å²) in [5.41, 5.74) is 9.75. The molecule has 1 aromatic heterocycles. The molecule has 232 valence electrons. The first kappa shape index (κ1) is 30.5. The lowest BCUT2D eigenvalue weighted by atomic mass is 9.63. The van der Waals surface area contributed by atoms with Gasteiger partial charge in [-0.2, -0.15) is 0 Å². The SMILES string of the molecule is C=C/C=C\c1cc(-c2nc(-c3ccccc3)nc(C3C=CC(C4(c5ccc(-c6ccccc6)cc5)CCCCC4)=CC3)n2)ccc1C. The lowest BCUT2D eigenvalue weighted by Gasteiger charge is -2.40. The van der Waals surface area contributed by atoms with E-state index in [9.17, 15) is 0 Å². The van der Waals surface area contributed by atoms with Gasteiger partial charge in [0.05, 0.1) is 0 Å². The second-order valence-electron chi connectivity index (χ2n) is 12.8. The van der Waals surface area contributed by atoms with Crippen LogP contribution in [0.25, 0.3) is 40.0 Å². The molecule has 0 radical (unpaired) electrons. The van der Waals surface area contributed by atoms with Gasteiger partial charge in [0.15, 0.2) is 11.6 Å². The van der Waals surface area contributed by atoms with E-state index in [1.54, 1.807) is 6.08 Å². The Morgan fingerprint density at radius 1 is 0.702 bits per heavy atom. The molecule has 1 saturated carbocycles. The zero-order valence-corrected chi connectivity index (χ0v) is 27.1. The van der Waals surface area contributed by atoms with E-state index in [2.05, 4.69) is 123 Å². The lowest BCUT2D eigenvalue weighted by Crippen LogP contribution is -2.31. The zero-order chi connectivity index (χ0) is 32.1. The molecule has 4 aromatic carbocycles. The zero-order valence-electron chi connectivity index (χ0n) is 27.1. The van der Waals surface area contributed by atoms with Crippen LogP contribution in [0, 0.1) is 6.92 Å². The van der Waals surface area contributed by atoms with Crippen LogP contribution >= 0.6 is 0 Å². The first-order valence-electron chi connectivity index (χ1n) is 16.9. The second-order valence-corrected chi connectivity index (χ2v) is 12.8. The van der Waals surface area contributed by atoms with E-state index in [1.165, 1.54) is 59.9 Å². The highest BCUT2D eigenvalue weighted by Crippen LogP contribution is 2.48. The van der Waals surface area contributed by atoms with Crippen molar-refractivity contribution in [3.8, 4) is 33.9 Å². The van der Waals surface area contributed by atoms with Crippen molar-refractivity contribution in [1.82, 2.24) is 15.0 Å². The first-order valence-corrected chi connectivity index (χ1v) is 16.9. The molecule has 5 aromatic rings. The Labute approximate surface area is 279 Å². The summed E-state index contributed by atoms with van der Waals surface area (Å²) in [5, 5.41) is 0. The predicted molar refractivity (Wildman–Crippen MR) is 196 cm³/mol. The van der Waals surface area contributed by atoms with Gasteiger partial charge in [0.1, 0.15) is 5.82 Å². The van der Waals surface area contributed by atoms with Crippen molar-refractivity contribution in [2.24, 2.45) is 0 Å². The molecule has 2 aliphatic carbocycles. The largest absolute Gasteiger partial charge is 0.212 e. The number of rotatable bonds is 8. The molecule has 1 fully saturated rings. The van der Waals surface area contributed by atoms with Gasteiger partial charge in [-0.25, -0.2) is 15.0 Å². The van der Waals surface area contributed by atoms with Crippen LogP contribution in [-0.4, -0.2) is 15.0 Å². The summed E-state index contributed by atoms with van der Waals surface area (Å²) in [6.45, 7) is 5.95. The maximum atomic E-state index is 5.11. The Morgan fingerprint density at radius 3 is 2.00 bits per heavy atom. The molecular weight excluding hydrogens is 571 g/mol. The maximum Gasteiger partial charge on any atom is 0.163 e. The van der Waals surface area contributed by atoms with Crippen LogP contribution in [0.4, 0.5) is 0 Å². The minimum atomic E-state index is 0.0473. The molecule has 1 atom stereocenters. The molecule has 3 heteroatoms. The number of aromatic nitrogens is 3. The van der Waals surface area contributed by atoms with E-state index >= 15 is 0 Å². The fraction of sp³-hybridized carbons (Fsp3) is 0.205. The van der Waals surface area contributed by atoms with Crippen molar-refractivity contribution in [3.05, 3.63) is 168 Å². The van der Waals surface area contributed by atoms with Gasteiger partial charge in [-0.3, -0.25) is 0 Å². The van der Waals surface area contributed by atoms with Crippen LogP contribution in [0.5, 0.6) is 0 Å². The van der Waals surface area contributed by atoms with Crippen molar-refractivity contribution in [3.63, 3.8) is 0 Å². The van der Waals surface area contributed by atoms with E-state index in [4.69, 9.17) is 15.0 Å². The summed E-state index contributed by atoms with van der Waals surface area (Å²) in [5.74, 6) is 2.30. The molecule has 0 aliphatic heterocycles. The van der Waals surface area contributed by atoms with E-state index < -0.39 is 0 Å². The highest BCUT2D eigenvalue weighted by molar-refractivity contribution is 5.67. The average molecular weight is 612 g/mol. The number of hydrogen-bond acceptors (Lipinski definition) is 3. The molecular formula is C44H41N3. The summed E-state index contributed by atoms with van der Waals surface area (Å²) >= 11 is 0. The monoisotopic (exact) mass is 611 g/mol. The molecule has 0 amide bonds. The molecule has 1 unspecified atom stereocenters. The van der Waals surface area contributed by atoms with Crippen LogP contribution in [0.1, 0.15) is 67.0 Å². The molecule has 0 N–H and O–H groups in total. The van der Waals surface area contributed by atoms with Gasteiger partial charge >= 0.3 is 0 Å². The summed E-state index contributed by atoms with van der Waals surface area (Å²) in [7, 11) is 0. The van der Waals surface area contributed by atoms with Gasteiger partial charge in [0.2, 0.25) is 0 Å². The average Bonchev–Trinajstić information content (AvgIpc) is 3.15. The van der Waals surface area contributed by atoms with Crippen LogP contribution in [0.15, 0.2) is 146 Å². The Hall–Kier alpha value is -5.15. The van der Waals surface area contributed by atoms with Crippen LogP contribution in [0.3, 0.4) is 0 Å².